The summed E-state index contributed by atoms with van der Waals surface area (Å²) in [5.74, 6) is 1.98. The topological polar surface area (TPSA) is 232 Å². The van der Waals surface area contributed by atoms with E-state index in [9.17, 15) is 0 Å². The fourth-order valence-corrected chi connectivity index (χ4v) is 12.7. The van der Waals surface area contributed by atoms with Gasteiger partial charge in [0.05, 0.1) is 60.3 Å². The summed E-state index contributed by atoms with van der Waals surface area (Å²) in [5.41, 5.74) is 2.11. The van der Waals surface area contributed by atoms with Crippen molar-refractivity contribution >= 4 is 272 Å². The highest BCUT2D eigenvalue weighted by molar-refractivity contribution is 6.44. The lowest BCUT2D eigenvalue weighted by molar-refractivity contribution is 1.07. The van der Waals surface area contributed by atoms with Gasteiger partial charge in [0, 0.05) is 64.6 Å². The zero-order valence-corrected chi connectivity index (χ0v) is 55.6. The number of aromatic nitrogens is 18. The van der Waals surface area contributed by atoms with E-state index in [0.29, 0.717) is 99.6 Å². The Kier molecular flexibility index (Phi) is 16.6. The van der Waals surface area contributed by atoms with Gasteiger partial charge in [-0.3, -0.25) is 0 Å². The number of hydrogen-bond acceptors (Lipinski definition) is 18. The van der Waals surface area contributed by atoms with Crippen LogP contribution in [0.15, 0.2) is 72.8 Å². The van der Waals surface area contributed by atoms with Crippen LogP contribution < -0.4 is 0 Å². The van der Waals surface area contributed by atoms with E-state index < -0.39 is 0 Å². The molecular formula is C60H30Cl12N18. The smallest absolute Gasteiger partial charge is 0.165 e. The third-order valence-corrected chi connectivity index (χ3v) is 17.5. The van der Waals surface area contributed by atoms with Gasteiger partial charge in [0.15, 0.2) is 67.8 Å². The molecule has 0 unspecified atom stereocenters. The van der Waals surface area contributed by atoms with Gasteiger partial charge in [-0.25, -0.2) is 89.7 Å². The first-order valence-electron chi connectivity index (χ1n) is 26.2. The molecule has 0 atom stereocenters. The second kappa shape index (κ2) is 24.2. The van der Waals surface area contributed by atoms with Gasteiger partial charge < -0.3 is 0 Å². The molecule has 90 heavy (non-hydrogen) atoms. The van der Waals surface area contributed by atoms with Gasteiger partial charge in [-0.2, -0.15) is 0 Å². The van der Waals surface area contributed by atoms with E-state index in [0.717, 1.165) is 0 Å². The van der Waals surface area contributed by atoms with Gasteiger partial charge in [-0.15, -0.1) is 0 Å². The van der Waals surface area contributed by atoms with Crippen LogP contribution in [0.3, 0.4) is 0 Å². The molecule has 0 fully saturated rings. The maximum absolute atomic E-state index is 7.08. The largest absolute Gasteiger partial charge is 0.213 e. The van der Waals surface area contributed by atoms with Crippen LogP contribution in [0.25, 0.3) is 132 Å². The van der Waals surface area contributed by atoms with Crippen molar-refractivity contribution in [3.8, 4) is 0 Å². The Morgan fingerprint density at radius 1 is 0.144 bits per heavy atom. The van der Waals surface area contributed by atoms with Crippen molar-refractivity contribution in [1.82, 2.24) is 89.7 Å². The third kappa shape index (κ3) is 11.8. The van der Waals surface area contributed by atoms with Crippen LogP contribution in [-0.4, -0.2) is 89.7 Å². The molecule has 0 N–H and O–H groups in total. The molecule has 22 rings (SSSR count). The van der Waals surface area contributed by atoms with Crippen molar-refractivity contribution in [1.29, 1.82) is 0 Å². The van der Waals surface area contributed by atoms with Crippen LogP contribution in [-0.2, 0) is 0 Å². The Labute approximate surface area is 566 Å². The van der Waals surface area contributed by atoms with Gasteiger partial charge in [-0.05, 0) is 114 Å². The number of benzene rings is 6. The highest BCUT2D eigenvalue weighted by Gasteiger charge is 2.18. The molecule has 0 aliphatic heterocycles. The highest BCUT2D eigenvalue weighted by Crippen LogP contribution is 2.38. The lowest BCUT2D eigenvalue weighted by Crippen LogP contribution is -1.96. The van der Waals surface area contributed by atoms with Crippen molar-refractivity contribution in [2.24, 2.45) is 0 Å². The van der Waals surface area contributed by atoms with Gasteiger partial charge >= 0.3 is 0 Å². The minimum Gasteiger partial charge on any atom is -0.213 e. The first kappa shape index (κ1) is 61.7. The first-order chi connectivity index (χ1) is 42.9. The number of rotatable bonds is 0. The molecule has 0 radical (unpaired) electrons. The van der Waals surface area contributed by atoms with Crippen molar-refractivity contribution in [3.05, 3.63) is 168 Å². The average Bonchev–Trinajstić information content (AvgIpc) is 1.05. The summed E-state index contributed by atoms with van der Waals surface area (Å²) in [7, 11) is 0. The summed E-state index contributed by atoms with van der Waals surface area (Å²) >= 11 is 84.9. The van der Waals surface area contributed by atoms with Crippen molar-refractivity contribution in [2.45, 2.75) is 41.5 Å². The quantitative estimate of drug-likeness (QED) is 0.137. The third-order valence-electron chi connectivity index (χ3n) is 13.7. The van der Waals surface area contributed by atoms with E-state index >= 15 is 0 Å². The normalized spacial score (nSPS) is 11.7. The molecule has 444 valence electrons. The molecule has 0 spiro atoms. The molecule has 22 aromatic rings. The Balaban J connectivity index is 1.08. The molecular weight excluding hydrogens is 1400 g/mol. The monoisotopic (exact) mass is 1420 g/mol. The summed E-state index contributed by atoms with van der Waals surface area (Å²) in [4.78, 5) is 84.2. The second-order valence-electron chi connectivity index (χ2n) is 20.1. The van der Waals surface area contributed by atoms with Crippen LogP contribution in [0, 0.1) is 41.5 Å². The van der Waals surface area contributed by atoms with E-state index in [4.69, 9.17) is 169 Å². The van der Waals surface area contributed by atoms with E-state index in [1.165, 1.54) is 0 Å². The highest BCUT2D eigenvalue weighted by atomic mass is 35.5. The molecule has 6 aromatic carbocycles. The minimum atomic E-state index is 0.176. The second-order valence-corrected chi connectivity index (χ2v) is 24.9. The maximum Gasteiger partial charge on any atom is 0.165 e. The Bertz CT molecular complexity index is 4590. The molecule has 16 aromatic heterocycles. The predicted molar refractivity (Wildman–Crippen MR) is 365 cm³/mol. The summed E-state index contributed by atoms with van der Waals surface area (Å²) in [6.07, 6.45) is 0. The standard InChI is InChI=1S/C60H30Cl12N18/c1-19-73-49-25-7-39(63)27(9-37(25)61)51-75-20(2)77-53(86-51)29-11-43(67)31(13-41(29)65)55-79-22(4)81-57(88-55)33-15-47(71)35(17-45(33)69)59-83-24(6)84-60(90-59)36-18-46(70)34(16-48(36)72)58-82-23(5)80-56(89-58)32-14-42(66)30(12-44(32)68)54-78-21(3)76-52(87-54)28-10-38(62)26(8-40(28)64)50(74-19)85-49/h7-18H,1-6H3. The Morgan fingerprint density at radius 3 is 0.300 bits per heavy atom. The molecule has 0 aliphatic rings. The maximum atomic E-state index is 7.08. The van der Waals surface area contributed by atoms with Gasteiger partial charge in [0.2, 0.25) is 0 Å². The van der Waals surface area contributed by atoms with E-state index in [1.807, 2.05) is 0 Å². The molecule has 16 heterocycles. The molecule has 30 heteroatoms. The van der Waals surface area contributed by atoms with Gasteiger partial charge in [-0.1, -0.05) is 139 Å². The molecule has 0 saturated heterocycles. The van der Waals surface area contributed by atoms with Gasteiger partial charge in [0.25, 0.3) is 0 Å². The lowest BCUT2D eigenvalue weighted by atomic mass is 10.2. The zero-order valence-electron chi connectivity index (χ0n) is 46.5. The summed E-state index contributed by atoms with van der Waals surface area (Å²) in [6.45, 7) is 10.2. The molecule has 0 aliphatic carbocycles. The first-order valence-corrected chi connectivity index (χ1v) is 30.8. The van der Waals surface area contributed by atoms with E-state index in [-0.39, 0.29) is 128 Å². The molecule has 0 amide bonds. The number of nitrogens with zero attached hydrogens (tertiary/aromatic N) is 18. The van der Waals surface area contributed by atoms with E-state index in [2.05, 4.69) is 59.8 Å². The van der Waals surface area contributed by atoms with Crippen LogP contribution in [0.2, 0.25) is 60.3 Å². The van der Waals surface area contributed by atoms with Crippen LogP contribution >= 0.6 is 139 Å². The lowest BCUT2D eigenvalue weighted by Gasteiger charge is -2.06. The number of aryl methyl sites for hydroxylation is 6. The van der Waals surface area contributed by atoms with Crippen LogP contribution in [0.5, 0.6) is 0 Å². The number of hydrogen-bond donors (Lipinski definition) is 0. The fourth-order valence-electron chi connectivity index (χ4n) is 9.67. The predicted octanol–water partition coefficient (Wildman–Crippen LogP) is 19.4. The number of halogens is 12. The van der Waals surface area contributed by atoms with Crippen LogP contribution in [0.4, 0.5) is 0 Å². The summed E-state index contributed by atoms with van der Waals surface area (Å²) < 4.78 is 0. The summed E-state index contributed by atoms with van der Waals surface area (Å²) in [6, 6.07) is 19.2. The zero-order chi connectivity index (χ0) is 63.5. The molecule has 24 bridgehead atoms. The molecule has 0 saturated carbocycles. The van der Waals surface area contributed by atoms with Crippen molar-refractivity contribution in [3.63, 3.8) is 0 Å². The fraction of sp³-hybridized carbons (Fsp3) is 0.100. The minimum absolute atomic E-state index is 0.176. The van der Waals surface area contributed by atoms with Crippen LogP contribution in [0.1, 0.15) is 34.9 Å². The average molecular weight is 1430 g/mol. The van der Waals surface area contributed by atoms with Crippen molar-refractivity contribution in [2.75, 3.05) is 0 Å². The van der Waals surface area contributed by atoms with E-state index in [1.54, 1.807) is 114 Å². The van der Waals surface area contributed by atoms with Gasteiger partial charge in [0.1, 0.15) is 34.9 Å². The summed E-state index contributed by atoms with van der Waals surface area (Å²) in [5, 5.41) is 6.73. The Hall–Kier alpha value is -7.14. The van der Waals surface area contributed by atoms with Crippen molar-refractivity contribution < 1.29 is 0 Å². The SMILES string of the molecule is Cc1nc2nc(n1)c1cc(Cl)c(cc1Cl)c1nc(C)nc(n1)c1cc(Cl)c(cc1Cl)c1nc(C)nc(n1)c1cc(Cl)c(cc1Cl)c1nc(C)nc(n1)c1cc(Cl)c(cc1Cl)c1nc(C)nc(n1)c1cc(Cl)c(cc1Cl)c1nc(C)nc(n1)c1cc(Cl)c2cc1Cl. The molecule has 18 nitrogen and oxygen atoms in total. The Morgan fingerprint density at radius 2 is 0.222 bits per heavy atom.